The van der Waals surface area contributed by atoms with Gasteiger partial charge in [0.15, 0.2) is 10.1 Å². The molecule has 50 heavy (non-hydrogen) atoms. The minimum atomic E-state index is -4.06. The highest BCUT2D eigenvalue weighted by Crippen LogP contribution is 2.38. The number of nitrogens with zero attached hydrogens (tertiary/aromatic N) is 4. The van der Waals surface area contributed by atoms with Crippen molar-refractivity contribution in [3.05, 3.63) is 98.4 Å². The summed E-state index contributed by atoms with van der Waals surface area (Å²) in [6.45, 7) is 5.76. The van der Waals surface area contributed by atoms with Crippen LogP contribution < -0.4 is 15.2 Å². The summed E-state index contributed by atoms with van der Waals surface area (Å²) in [7, 11) is -7.75. The second-order valence-electron chi connectivity index (χ2n) is 13.3. The standard InChI is InChI=1S/C18H20N4O3S.C13H16.C5H7N3O2S/c1-11-9-20-16(10-19-11)26(24,25)22-18(23)21-17-14-6-2-4-12(14)8-13-5-3-7-15(13)17;1-9-12-6-2-4-10(12)8-11-5-3-7-13(9)11;1-4-2-8-5(3-7-4)11(6,9)10/h8-10H,2-7H2,1H3,(H2,21,22,23);8H,2-7H2,1H3;2-3H,1H3,(H2,6,9,10). The number of carbonyl (C=O) groups is 1. The van der Waals surface area contributed by atoms with Gasteiger partial charge >= 0.3 is 6.03 Å². The third kappa shape index (κ3) is 7.87. The molecule has 4 N–H and O–H groups in total. The van der Waals surface area contributed by atoms with Crippen molar-refractivity contribution in [1.82, 2.24) is 24.7 Å². The molecule has 2 aromatic carbocycles. The van der Waals surface area contributed by atoms with Gasteiger partial charge in [-0.2, -0.15) is 8.42 Å². The maximum absolute atomic E-state index is 12.4. The van der Waals surface area contributed by atoms with E-state index in [2.05, 4.69) is 44.3 Å². The molecule has 0 spiro atoms. The van der Waals surface area contributed by atoms with Gasteiger partial charge < -0.3 is 5.32 Å². The van der Waals surface area contributed by atoms with Gasteiger partial charge in [-0.15, -0.1) is 0 Å². The van der Waals surface area contributed by atoms with E-state index in [4.69, 9.17) is 5.14 Å². The molecule has 8 rings (SSSR count). The lowest BCUT2D eigenvalue weighted by molar-refractivity contribution is 0.256. The molecule has 0 saturated heterocycles. The molecule has 0 saturated carbocycles. The van der Waals surface area contributed by atoms with E-state index < -0.39 is 26.1 Å². The van der Waals surface area contributed by atoms with E-state index in [-0.39, 0.29) is 10.1 Å². The second-order valence-corrected chi connectivity index (χ2v) is 16.5. The quantitative estimate of drug-likeness (QED) is 0.270. The van der Waals surface area contributed by atoms with Crippen molar-refractivity contribution in [3.8, 4) is 0 Å². The third-order valence-electron chi connectivity index (χ3n) is 9.79. The SMILES string of the molecule is Cc1c2c(cc3c1CCC3)CCC2.Cc1cnc(S(=O)(=O)NC(=O)Nc2c3c(cc4c2CCC4)CCC3)cn1.Cc1cnc(S(N)(=O)=O)cn1. The molecule has 0 bridgehead atoms. The van der Waals surface area contributed by atoms with E-state index in [1.165, 1.54) is 62.0 Å². The average Bonchev–Trinajstić information content (AvgIpc) is 3.89. The van der Waals surface area contributed by atoms with Crippen LogP contribution in [-0.4, -0.2) is 42.8 Å². The lowest BCUT2D eigenvalue weighted by atomic mass is 9.95. The minimum Gasteiger partial charge on any atom is -0.307 e. The highest BCUT2D eigenvalue weighted by molar-refractivity contribution is 7.90. The van der Waals surface area contributed by atoms with Crippen molar-refractivity contribution in [2.45, 2.75) is 108 Å². The Morgan fingerprint density at radius 3 is 1.44 bits per heavy atom. The first-order chi connectivity index (χ1) is 23.8. The van der Waals surface area contributed by atoms with Crippen LogP contribution in [0.1, 0.15) is 87.1 Å². The second kappa shape index (κ2) is 14.5. The number of sulfonamides is 2. The zero-order chi connectivity index (χ0) is 35.6. The first-order valence-electron chi connectivity index (χ1n) is 17.0. The van der Waals surface area contributed by atoms with Crippen molar-refractivity contribution in [2.75, 3.05) is 5.32 Å². The molecule has 264 valence electrons. The van der Waals surface area contributed by atoms with Gasteiger partial charge in [0, 0.05) is 18.1 Å². The number of hydrogen-bond donors (Lipinski definition) is 3. The molecule has 0 fully saturated rings. The van der Waals surface area contributed by atoms with Gasteiger partial charge in [-0.05, 0) is 148 Å². The Balaban J connectivity index is 0.000000149. The number of nitrogens with two attached hydrogens (primary N) is 1. The molecule has 14 heteroatoms. The summed E-state index contributed by atoms with van der Waals surface area (Å²) in [6.07, 6.45) is 19.1. The Labute approximate surface area is 293 Å². The van der Waals surface area contributed by atoms with E-state index in [1.807, 2.05) is 4.72 Å². The molecule has 2 amide bonds. The summed E-state index contributed by atoms with van der Waals surface area (Å²) >= 11 is 0. The largest absolute Gasteiger partial charge is 0.333 e. The van der Waals surface area contributed by atoms with E-state index >= 15 is 0 Å². The molecule has 2 aromatic heterocycles. The van der Waals surface area contributed by atoms with E-state index in [0.29, 0.717) is 11.4 Å². The van der Waals surface area contributed by atoms with E-state index in [0.717, 1.165) is 67.7 Å². The Bertz CT molecular complexity index is 2090. The van der Waals surface area contributed by atoms with Crippen LogP contribution >= 0.6 is 0 Å². The number of nitrogens with one attached hydrogen (secondary N) is 2. The summed E-state index contributed by atoms with van der Waals surface area (Å²) < 4.78 is 48.0. The number of amides is 2. The van der Waals surface area contributed by atoms with Crippen molar-refractivity contribution in [2.24, 2.45) is 5.14 Å². The molecule has 0 aliphatic heterocycles. The van der Waals surface area contributed by atoms with Crippen molar-refractivity contribution in [3.63, 3.8) is 0 Å². The normalized spacial score (nSPS) is 15.4. The van der Waals surface area contributed by atoms with Gasteiger partial charge in [0.05, 0.1) is 23.8 Å². The van der Waals surface area contributed by atoms with Gasteiger partial charge in [0.2, 0.25) is 0 Å². The zero-order valence-electron chi connectivity index (χ0n) is 28.7. The zero-order valence-corrected chi connectivity index (χ0v) is 30.3. The van der Waals surface area contributed by atoms with Crippen LogP contribution in [0.5, 0.6) is 0 Å². The Hall–Kier alpha value is -4.27. The van der Waals surface area contributed by atoms with Crippen molar-refractivity contribution < 1.29 is 21.6 Å². The number of anilines is 1. The first-order valence-corrected chi connectivity index (χ1v) is 20.1. The fraction of sp³-hybridized carbons (Fsp3) is 0.417. The van der Waals surface area contributed by atoms with E-state index in [1.54, 1.807) is 41.7 Å². The maximum atomic E-state index is 12.4. The van der Waals surface area contributed by atoms with Crippen molar-refractivity contribution in [1.29, 1.82) is 0 Å². The van der Waals surface area contributed by atoms with Crippen LogP contribution in [0.4, 0.5) is 10.5 Å². The van der Waals surface area contributed by atoms with Gasteiger partial charge in [-0.3, -0.25) is 9.97 Å². The van der Waals surface area contributed by atoms with Crippen molar-refractivity contribution >= 4 is 31.8 Å². The van der Waals surface area contributed by atoms with Gasteiger partial charge in [0.1, 0.15) is 0 Å². The fourth-order valence-electron chi connectivity index (χ4n) is 7.43. The van der Waals surface area contributed by atoms with Crippen LogP contribution in [0.25, 0.3) is 0 Å². The summed E-state index contributed by atoms with van der Waals surface area (Å²) in [5, 5.41) is 7.10. The molecule has 12 nitrogen and oxygen atoms in total. The molecule has 4 aromatic rings. The van der Waals surface area contributed by atoms with Crippen LogP contribution in [0, 0.1) is 20.8 Å². The summed E-state index contributed by atoms with van der Waals surface area (Å²) in [5.74, 6) is 0. The average molecular weight is 718 g/mol. The molecule has 4 aliphatic rings. The summed E-state index contributed by atoms with van der Waals surface area (Å²) in [6, 6.07) is 3.99. The van der Waals surface area contributed by atoms with Crippen LogP contribution in [0.3, 0.4) is 0 Å². The minimum absolute atomic E-state index is 0.205. The number of carbonyl (C=O) groups excluding carboxylic acids is 1. The molecule has 2 heterocycles. The lowest BCUT2D eigenvalue weighted by Crippen LogP contribution is -2.35. The predicted octanol–water partition coefficient (Wildman–Crippen LogP) is 4.68. The summed E-state index contributed by atoms with van der Waals surface area (Å²) in [5.41, 5.74) is 15.2. The molecule has 0 radical (unpaired) electrons. The fourth-order valence-corrected chi connectivity index (χ4v) is 8.61. The summed E-state index contributed by atoms with van der Waals surface area (Å²) in [4.78, 5) is 27.5. The smallest absolute Gasteiger partial charge is 0.307 e. The molecule has 4 aliphatic carbocycles. The number of fused-ring (bicyclic) bond motifs is 4. The third-order valence-corrected chi connectivity index (χ3v) is 11.8. The number of aromatic nitrogens is 4. The van der Waals surface area contributed by atoms with E-state index in [9.17, 15) is 21.6 Å². The van der Waals surface area contributed by atoms with Gasteiger partial charge in [0.25, 0.3) is 20.0 Å². The monoisotopic (exact) mass is 717 g/mol. The van der Waals surface area contributed by atoms with Crippen LogP contribution in [0.15, 0.2) is 47.0 Å². The highest BCUT2D eigenvalue weighted by atomic mass is 32.2. The Morgan fingerprint density at radius 2 is 1.02 bits per heavy atom. The number of aryl methyl sites for hydroxylation is 6. The lowest BCUT2D eigenvalue weighted by Gasteiger charge is -2.16. The number of hydrogen-bond acceptors (Lipinski definition) is 9. The molecule has 0 atom stereocenters. The number of benzene rings is 2. The predicted molar refractivity (Wildman–Crippen MR) is 190 cm³/mol. The molecule has 0 unspecified atom stereocenters. The molecular weight excluding hydrogens is 675 g/mol. The number of primary sulfonamides is 1. The van der Waals surface area contributed by atoms with Crippen LogP contribution in [-0.2, 0) is 71.4 Å². The Morgan fingerprint density at radius 1 is 0.600 bits per heavy atom. The highest BCUT2D eigenvalue weighted by Gasteiger charge is 2.27. The maximum Gasteiger partial charge on any atom is 0.333 e. The van der Waals surface area contributed by atoms with Gasteiger partial charge in [-0.25, -0.2) is 33.0 Å². The Kier molecular flexibility index (Phi) is 10.3. The van der Waals surface area contributed by atoms with Gasteiger partial charge in [-0.1, -0.05) is 12.1 Å². The number of rotatable bonds is 4. The van der Waals surface area contributed by atoms with Crippen LogP contribution in [0.2, 0.25) is 0 Å². The first kappa shape index (κ1) is 35.6. The molecular formula is C36H43N7O5S2. The topological polar surface area (TPSA) is 187 Å². The number of urea groups is 1.